The Morgan fingerprint density at radius 3 is 2.70 bits per heavy atom. The van der Waals surface area contributed by atoms with E-state index in [1.165, 1.54) is 6.07 Å². The van der Waals surface area contributed by atoms with E-state index in [4.69, 9.17) is 9.84 Å². The molecule has 1 atom stereocenters. The molecule has 0 saturated heterocycles. The number of nitrogens with one attached hydrogen (secondary N) is 1. The van der Waals surface area contributed by atoms with Crippen molar-refractivity contribution in [1.29, 1.82) is 0 Å². The second-order valence-electron chi connectivity index (χ2n) is 7.91. The number of carboxylic acid groups (broad SMARTS) is 1. The number of benzene rings is 2. The van der Waals surface area contributed by atoms with Gasteiger partial charge in [-0.1, -0.05) is 26.8 Å². The number of fused-ring (bicyclic) bond motifs is 1. The van der Waals surface area contributed by atoms with Gasteiger partial charge in [-0.05, 0) is 71.7 Å². The van der Waals surface area contributed by atoms with Gasteiger partial charge in [0.1, 0.15) is 11.6 Å². The average Bonchev–Trinajstić information content (AvgIpc) is 2.82. The molecule has 3 rings (SSSR count). The van der Waals surface area contributed by atoms with Gasteiger partial charge < -0.3 is 15.2 Å². The fourth-order valence-electron chi connectivity index (χ4n) is 3.88. The molecule has 0 bridgehead atoms. The van der Waals surface area contributed by atoms with Crippen LogP contribution >= 0.6 is 0 Å². The third-order valence-corrected chi connectivity index (χ3v) is 5.18. The molecule has 4 nitrogen and oxygen atoms in total. The minimum absolute atomic E-state index is 0.306. The normalized spacial score (nSPS) is 17.4. The summed E-state index contributed by atoms with van der Waals surface area (Å²) in [4.78, 5) is 11.2. The summed E-state index contributed by atoms with van der Waals surface area (Å²) < 4.78 is 20.6. The highest BCUT2D eigenvalue weighted by molar-refractivity contribution is 5.70. The molecule has 2 N–H and O–H groups in total. The maximum absolute atomic E-state index is 14.9. The van der Waals surface area contributed by atoms with Gasteiger partial charge in [-0.2, -0.15) is 0 Å². The van der Waals surface area contributed by atoms with Gasteiger partial charge in [0, 0.05) is 5.56 Å². The van der Waals surface area contributed by atoms with E-state index in [9.17, 15) is 9.18 Å². The topological polar surface area (TPSA) is 58.6 Å². The van der Waals surface area contributed by atoms with Gasteiger partial charge in [-0.15, -0.1) is 0 Å². The molecule has 5 heteroatoms. The molecule has 144 valence electrons. The Labute approximate surface area is 159 Å². The fraction of sp³-hybridized carbons (Fsp3) is 0.409. The summed E-state index contributed by atoms with van der Waals surface area (Å²) in [6, 6.07) is 8.61. The molecular weight excluding hydrogens is 345 g/mol. The Morgan fingerprint density at radius 1 is 1.33 bits per heavy atom. The SMILES string of the molecule is CCCOc1ccc(-c2cc3c(cc2F)[C@H](NC(=O)O)C(C)(C)C3)cc1C. The number of amides is 1. The quantitative estimate of drug-likeness (QED) is 0.731. The summed E-state index contributed by atoms with van der Waals surface area (Å²) in [7, 11) is 0. The molecule has 1 amide bonds. The van der Waals surface area contributed by atoms with E-state index in [0.717, 1.165) is 34.4 Å². The molecule has 0 fully saturated rings. The van der Waals surface area contributed by atoms with Crippen molar-refractivity contribution >= 4 is 6.09 Å². The minimum atomic E-state index is -1.09. The maximum atomic E-state index is 14.9. The van der Waals surface area contributed by atoms with Gasteiger partial charge in [-0.3, -0.25) is 0 Å². The first-order chi connectivity index (χ1) is 12.7. The molecule has 1 aliphatic carbocycles. The number of halogens is 1. The molecule has 1 aliphatic rings. The van der Waals surface area contributed by atoms with Crippen molar-refractivity contribution in [2.24, 2.45) is 5.41 Å². The van der Waals surface area contributed by atoms with Crippen LogP contribution in [0.15, 0.2) is 30.3 Å². The third kappa shape index (κ3) is 3.77. The van der Waals surface area contributed by atoms with Crippen molar-refractivity contribution in [1.82, 2.24) is 5.32 Å². The monoisotopic (exact) mass is 371 g/mol. The summed E-state index contributed by atoms with van der Waals surface area (Å²) >= 11 is 0. The van der Waals surface area contributed by atoms with Crippen LogP contribution in [0.1, 0.15) is 49.9 Å². The number of hydrogen-bond donors (Lipinski definition) is 2. The zero-order chi connectivity index (χ0) is 19.8. The predicted octanol–water partition coefficient (Wildman–Crippen LogP) is 5.48. The van der Waals surface area contributed by atoms with E-state index in [1.54, 1.807) is 0 Å². The minimum Gasteiger partial charge on any atom is -0.493 e. The second kappa shape index (κ2) is 7.22. The molecule has 0 spiro atoms. The lowest BCUT2D eigenvalue weighted by Crippen LogP contribution is -2.34. The van der Waals surface area contributed by atoms with Crippen LogP contribution in [0, 0.1) is 18.2 Å². The summed E-state index contributed by atoms with van der Waals surface area (Å²) in [6.45, 7) is 8.65. The largest absolute Gasteiger partial charge is 0.493 e. The van der Waals surface area contributed by atoms with Gasteiger partial charge in [-0.25, -0.2) is 9.18 Å². The second-order valence-corrected chi connectivity index (χ2v) is 7.91. The van der Waals surface area contributed by atoms with Crippen molar-refractivity contribution in [3.8, 4) is 16.9 Å². The van der Waals surface area contributed by atoms with Crippen LogP contribution in [-0.2, 0) is 6.42 Å². The van der Waals surface area contributed by atoms with Crippen LogP contribution in [0.2, 0.25) is 0 Å². The average molecular weight is 371 g/mol. The lowest BCUT2D eigenvalue weighted by molar-refractivity contribution is 0.175. The predicted molar refractivity (Wildman–Crippen MR) is 104 cm³/mol. The summed E-state index contributed by atoms with van der Waals surface area (Å²) in [6.07, 6.45) is 0.530. The molecule has 0 aromatic heterocycles. The zero-order valence-corrected chi connectivity index (χ0v) is 16.2. The van der Waals surface area contributed by atoms with E-state index in [-0.39, 0.29) is 11.2 Å². The molecule has 0 saturated carbocycles. The highest BCUT2D eigenvalue weighted by atomic mass is 19.1. The molecule has 0 radical (unpaired) electrons. The van der Waals surface area contributed by atoms with Crippen molar-refractivity contribution in [2.45, 2.75) is 46.6 Å². The Kier molecular flexibility index (Phi) is 5.13. The first-order valence-electron chi connectivity index (χ1n) is 9.28. The Balaban J connectivity index is 1.98. The molecule has 27 heavy (non-hydrogen) atoms. The Morgan fingerprint density at radius 2 is 2.07 bits per heavy atom. The highest BCUT2D eigenvalue weighted by Gasteiger charge is 2.40. The molecule has 2 aromatic rings. The van der Waals surface area contributed by atoms with Gasteiger partial charge in [0.25, 0.3) is 0 Å². The number of hydrogen-bond acceptors (Lipinski definition) is 2. The number of ether oxygens (including phenoxy) is 1. The molecule has 0 aliphatic heterocycles. The number of aryl methyl sites for hydroxylation is 1. The summed E-state index contributed by atoms with van der Waals surface area (Å²) in [5.41, 5.74) is 3.70. The third-order valence-electron chi connectivity index (χ3n) is 5.18. The molecular formula is C22H26FNO3. The first kappa shape index (κ1) is 19.2. The van der Waals surface area contributed by atoms with Crippen molar-refractivity contribution in [3.63, 3.8) is 0 Å². The number of rotatable bonds is 5. The van der Waals surface area contributed by atoms with Crippen LogP contribution in [0.5, 0.6) is 5.75 Å². The standard InChI is InChI=1S/C22H26FNO3/c1-5-8-27-19-7-6-14(9-13(19)2)16-10-15-12-22(3,4)20(24-21(25)26)17(15)11-18(16)23/h6-7,9-11,20,24H,5,8,12H2,1-4H3,(H,25,26)/t20-/m0/s1. The van der Waals surface area contributed by atoms with Crippen LogP contribution < -0.4 is 10.1 Å². The van der Waals surface area contributed by atoms with Crippen LogP contribution in [0.3, 0.4) is 0 Å². The van der Waals surface area contributed by atoms with Crippen molar-refractivity contribution in [2.75, 3.05) is 6.61 Å². The zero-order valence-electron chi connectivity index (χ0n) is 16.2. The van der Waals surface area contributed by atoms with E-state index < -0.39 is 12.1 Å². The fourth-order valence-corrected chi connectivity index (χ4v) is 3.88. The van der Waals surface area contributed by atoms with E-state index >= 15 is 0 Å². The molecule has 0 heterocycles. The van der Waals surface area contributed by atoms with Gasteiger partial charge >= 0.3 is 6.09 Å². The van der Waals surface area contributed by atoms with Crippen molar-refractivity contribution in [3.05, 3.63) is 52.8 Å². The lowest BCUT2D eigenvalue weighted by Gasteiger charge is -2.27. The lowest BCUT2D eigenvalue weighted by atomic mass is 9.85. The highest BCUT2D eigenvalue weighted by Crippen LogP contribution is 2.47. The smallest absolute Gasteiger partial charge is 0.405 e. The Bertz CT molecular complexity index is 876. The van der Waals surface area contributed by atoms with E-state index in [0.29, 0.717) is 18.6 Å². The maximum Gasteiger partial charge on any atom is 0.405 e. The molecule has 0 unspecified atom stereocenters. The number of carbonyl (C=O) groups is 1. The molecule has 2 aromatic carbocycles. The van der Waals surface area contributed by atoms with E-state index in [2.05, 4.69) is 12.2 Å². The van der Waals surface area contributed by atoms with Gasteiger partial charge in [0.15, 0.2) is 0 Å². The van der Waals surface area contributed by atoms with Crippen LogP contribution in [0.4, 0.5) is 9.18 Å². The van der Waals surface area contributed by atoms with E-state index in [1.807, 2.05) is 45.0 Å². The van der Waals surface area contributed by atoms with Crippen LogP contribution in [-0.4, -0.2) is 17.8 Å². The van der Waals surface area contributed by atoms with Gasteiger partial charge in [0.2, 0.25) is 0 Å². The first-order valence-corrected chi connectivity index (χ1v) is 9.28. The van der Waals surface area contributed by atoms with Gasteiger partial charge in [0.05, 0.1) is 12.6 Å². The Hall–Kier alpha value is -2.56. The summed E-state index contributed by atoms with van der Waals surface area (Å²) in [5, 5.41) is 11.7. The van der Waals surface area contributed by atoms with Crippen LogP contribution in [0.25, 0.3) is 11.1 Å². The van der Waals surface area contributed by atoms with Crippen molar-refractivity contribution < 1.29 is 19.0 Å². The summed E-state index contributed by atoms with van der Waals surface area (Å²) in [5.74, 6) is 0.472.